The lowest BCUT2D eigenvalue weighted by molar-refractivity contribution is -0.665. The van der Waals surface area contributed by atoms with Gasteiger partial charge in [-0.3, -0.25) is 9.59 Å². The Morgan fingerprint density at radius 3 is 2.65 bits per heavy atom. The quantitative estimate of drug-likeness (QED) is 0.608. The molecule has 0 bridgehead atoms. The number of rotatable bonds is 4. The molecule has 106 valence electrons. The monoisotopic (exact) mass is 341 g/mol. The van der Waals surface area contributed by atoms with Crippen LogP contribution in [0.1, 0.15) is 6.42 Å². The predicted octanol–water partition coefficient (Wildman–Crippen LogP) is -0.183. The number of halogens is 1. The molecule has 1 atom stereocenters. The van der Waals surface area contributed by atoms with E-state index in [-0.39, 0.29) is 24.8 Å². The number of imide groups is 1. The SMILES string of the molecule is COC(=O)C[NH2+][C@H]1CC(=O)N(c2ccc(Br)cc2)C1=O. The second kappa shape index (κ2) is 6.15. The average Bonchev–Trinajstić information content (AvgIpc) is 2.72. The van der Waals surface area contributed by atoms with Gasteiger partial charge in [-0.25, -0.2) is 9.69 Å². The lowest BCUT2D eigenvalue weighted by Gasteiger charge is -2.14. The minimum absolute atomic E-state index is 0.0222. The van der Waals surface area contributed by atoms with Crippen LogP contribution in [0.3, 0.4) is 0 Å². The Balaban J connectivity index is 2.09. The summed E-state index contributed by atoms with van der Waals surface area (Å²) in [5, 5.41) is 1.53. The van der Waals surface area contributed by atoms with Crippen LogP contribution < -0.4 is 10.2 Å². The number of ether oxygens (including phenoxy) is 1. The van der Waals surface area contributed by atoms with E-state index in [1.165, 1.54) is 12.4 Å². The molecule has 7 heteroatoms. The van der Waals surface area contributed by atoms with Crippen molar-refractivity contribution in [2.24, 2.45) is 0 Å². The molecule has 2 rings (SSSR count). The first-order chi connectivity index (χ1) is 9.52. The molecule has 1 aliphatic rings. The number of amides is 2. The minimum Gasteiger partial charge on any atom is -0.465 e. The number of methoxy groups -OCH3 is 1. The number of quaternary nitrogens is 1. The largest absolute Gasteiger partial charge is 0.465 e. The number of carbonyl (C=O) groups is 3. The molecule has 1 fully saturated rings. The highest BCUT2D eigenvalue weighted by Gasteiger charge is 2.42. The Kier molecular flexibility index (Phi) is 4.51. The Hall–Kier alpha value is -1.73. The fraction of sp³-hybridized carbons (Fsp3) is 0.308. The molecule has 1 heterocycles. The lowest BCUT2D eigenvalue weighted by Crippen LogP contribution is -2.93. The van der Waals surface area contributed by atoms with Gasteiger partial charge in [0.15, 0.2) is 12.6 Å². The fourth-order valence-corrected chi connectivity index (χ4v) is 2.29. The van der Waals surface area contributed by atoms with Crippen LogP contribution >= 0.6 is 15.9 Å². The van der Waals surface area contributed by atoms with Gasteiger partial charge >= 0.3 is 5.97 Å². The molecule has 0 aliphatic carbocycles. The molecule has 20 heavy (non-hydrogen) atoms. The fourth-order valence-electron chi connectivity index (χ4n) is 2.02. The van der Waals surface area contributed by atoms with Crippen LogP contribution in [0.5, 0.6) is 0 Å². The highest BCUT2D eigenvalue weighted by atomic mass is 79.9. The van der Waals surface area contributed by atoms with Gasteiger partial charge in [0.2, 0.25) is 5.91 Å². The van der Waals surface area contributed by atoms with Crippen molar-refractivity contribution in [2.45, 2.75) is 12.5 Å². The maximum atomic E-state index is 12.2. The Morgan fingerprint density at radius 1 is 1.40 bits per heavy atom. The summed E-state index contributed by atoms with van der Waals surface area (Å²) in [5.41, 5.74) is 0.539. The number of hydrogen-bond acceptors (Lipinski definition) is 4. The van der Waals surface area contributed by atoms with Gasteiger partial charge in [-0.2, -0.15) is 0 Å². The van der Waals surface area contributed by atoms with E-state index in [4.69, 9.17) is 0 Å². The van der Waals surface area contributed by atoms with Crippen LogP contribution in [-0.4, -0.2) is 37.5 Å². The van der Waals surface area contributed by atoms with Gasteiger partial charge in [0.1, 0.15) is 0 Å². The summed E-state index contributed by atoms with van der Waals surface area (Å²) in [5.74, 6) is -0.989. The summed E-state index contributed by atoms with van der Waals surface area (Å²) >= 11 is 3.30. The van der Waals surface area contributed by atoms with Crippen LogP contribution in [0, 0.1) is 0 Å². The van der Waals surface area contributed by atoms with Crippen molar-refractivity contribution in [3.8, 4) is 0 Å². The van der Waals surface area contributed by atoms with Crippen molar-refractivity contribution >= 4 is 39.4 Å². The number of esters is 1. The summed E-state index contributed by atoms with van der Waals surface area (Å²) in [4.78, 5) is 36.4. The van der Waals surface area contributed by atoms with E-state index in [0.29, 0.717) is 5.69 Å². The van der Waals surface area contributed by atoms with Crippen molar-refractivity contribution in [3.05, 3.63) is 28.7 Å². The molecule has 2 amide bonds. The van der Waals surface area contributed by atoms with Gasteiger partial charge in [0.25, 0.3) is 5.91 Å². The average molecular weight is 342 g/mol. The molecular formula is C13H14BrN2O4+. The summed E-state index contributed by atoms with van der Waals surface area (Å²) in [6.45, 7) is 0.0222. The van der Waals surface area contributed by atoms with Gasteiger partial charge in [-0.1, -0.05) is 15.9 Å². The highest BCUT2D eigenvalue weighted by Crippen LogP contribution is 2.23. The third kappa shape index (κ3) is 3.05. The zero-order valence-corrected chi connectivity index (χ0v) is 12.4. The highest BCUT2D eigenvalue weighted by molar-refractivity contribution is 9.10. The molecule has 1 aromatic carbocycles. The molecule has 0 spiro atoms. The van der Waals surface area contributed by atoms with Crippen molar-refractivity contribution < 1.29 is 24.4 Å². The van der Waals surface area contributed by atoms with Gasteiger partial charge in [-0.05, 0) is 24.3 Å². The molecule has 0 radical (unpaired) electrons. The van der Waals surface area contributed by atoms with E-state index in [0.717, 1.165) is 9.37 Å². The number of nitrogens with two attached hydrogens (primary N) is 1. The Labute approximate surface area is 124 Å². The Morgan fingerprint density at radius 2 is 2.05 bits per heavy atom. The molecular weight excluding hydrogens is 328 g/mol. The maximum Gasteiger partial charge on any atom is 0.361 e. The second-order valence-electron chi connectivity index (χ2n) is 4.37. The summed E-state index contributed by atoms with van der Waals surface area (Å²) in [7, 11) is 1.28. The van der Waals surface area contributed by atoms with E-state index in [1.807, 2.05) is 0 Å². The first-order valence-corrected chi connectivity index (χ1v) is 6.84. The summed E-state index contributed by atoms with van der Waals surface area (Å²) in [6.07, 6.45) is 0.0892. The topological polar surface area (TPSA) is 80.3 Å². The van der Waals surface area contributed by atoms with Crippen molar-refractivity contribution in [2.75, 3.05) is 18.6 Å². The molecule has 2 N–H and O–H groups in total. The van der Waals surface area contributed by atoms with E-state index in [9.17, 15) is 14.4 Å². The zero-order chi connectivity index (χ0) is 14.7. The second-order valence-corrected chi connectivity index (χ2v) is 5.29. The number of benzene rings is 1. The smallest absolute Gasteiger partial charge is 0.361 e. The molecule has 1 aliphatic heterocycles. The van der Waals surface area contributed by atoms with Crippen LogP contribution in [0.25, 0.3) is 0 Å². The van der Waals surface area contributed by atoms with Crippen molar-refractivity contribution in [3.63, 3.8) is 0 Å². The third-order valence-corrected chi connectivity index (χ3v) is 3.59. The number of hydrogen-bond donors (Lipinski definition) is 1. The Bertz CT molecular complexity index is 544. The molecule has 0 unspecified atom stereocenters. The third-order valence-electron chi connectivity index (χ3n) is 3.06. The molecule has 1 aromatic rings. The van der Waals surface area contributed by atoms with Crippen molar-refractivity contribution in [1.82, 2.24) is 0 Å². The van der Waals surface area contributed by atoms with E-state index < -0.39 is 12.0 Å². The van der Waals surface area contributed by atoms with Gasteiger partial charge in [-0.15, -0.1) is 0 Å². The number of carbonyl (C=O) groups excluding carboxylic acids is 3. The van der Waals surface area contributed by atoms with Crippen molar-refractivity contribution in [1.29, 1.82) is 0 Å². The van der Waals surface area contributed by atoms with Gasteiger partial charge in [0.05, 0.1) is 19.2 Å². The first kappa shape index (κ1) is 14.7. The maximum absolute atomic E-state index is 12.2. The standard InChI is InChI=1S/C13H13BrN2O4/c1-20-12(18)7-15-10-6-11(17)16(13(10)19)9-4-2-8(14)3-5-9/h2-5,10,15H,6-7H2,1H3/p+1/t10-/m0/s1. The molecule has 6 nitrogen and oxygen atoms in total. The zero-order valence-electron chi connectivity index (χ0n) is 10.8. The molecule has 0 saturated carbocycles. The normalized spacial score (nSPS) is 18.5. The van der Waals surface area contributed by atoms with E-state index in [1.54, 1.807) is 24.3 Å². The number of anilines is 1. The molecule has 1 saturated heterocycles. The number of nitrogens with zero attached hydrogens (tertiary/aromatic N) is 1. The van der Waals surface area contributed by atoms with E-state index in [2.05, 4.69) is 20.7 Å². The van der Waals surface area contributed by atoms with Gasteiger partial charge < -0.3 is 10.1 Å². The summed E-state index contributed by atoms with van der Waals surface area (Å²) in [6, 6.07) is 6.36. The van der Waals surface area contributed by atoms with Crippen LogP contribution in [0.4, 0.5) is 5.69 Å². The van der Waals surface area contributed by atoms with Gasteiger partial charge in [0, 0.05) is 4.47 Å². The lowest BCUT2D eigenvalue weighted by atomic mass is 10.2. The minimum atomic E-state index is -0.565. The summed E-state index contributed by atoms with van der Waals surface area (Å²) < 4.78 is 5.38. The molecule has 0 aromatic heterocycles. The van der Waals surface area contributed by atoms with E-state index >= 15 is 0 Å². The van der Waals surface area contributed by atoms with Crippen LogP contribution in [0.2, 0.25) is 0 Å². The first-order valence-electron chi connectivity index (χ1n) is 6.05. The van der Waals surface area contributed by atoms with Crippen LogP contribution in [0.15, 0.2) is 28.7 Å². The predicted molar refractivity (Wildman–Crippen MR) is 73.8 cm³/mol. The van der Waals surface area contributed by atoms with Crippen LogP contribution in [-0.2, 0) is 19.1 Å².